The topological polar surface area (TPSA) is 41.6 Å². The Morgan fingerprint density at radius 3 is 2.75 bits per heavy atom. The molecular formula is C14H24F2N2O2. The van der Waals surface area contributed by atoms with Crippen molar-refractivity contribution in [2.45, 2.75) is 57.7 Å². The number of fused-ring (bicyclic) bond motifs is 1. The Morgan fingerprint density at radius 1 is 1.50 bits per heavy atom. The number of carbonyl (C=O) groups excluding carboxylic acids is 1. The fourth-order valence-corrected chi connectivity index (χ4v) is 3.04. The number of rotatable bonds is 3. The summed E-state index contributed by atoms with van der Waals surface area (Å²) in [5.41, 5.74) is -0.544. The summed E-state index contributed by atoms with van der Waals surface area (Å²) in [6.45, 7) is 7.82. The predicted octanol–water partition coefficient (Wildman–Crippen LogP) is 1.65. The van der Waals surface area contributed by atoms with Crippen molar-refractivity contribution in [1.82, 2.24) is 10.2 Å². The summed E-state index contributed by atoms with van der Waals surface area (Å²) >= 11 is 0. The molecule has 0 radical (unpaired) electrons. The number of likely N-dealkylation sites (tertiary alicyclic amines) is 1. The molecule has 6 heteroatoms. The summed E-state index contributed by atoms with van der Waals surface area (Å²) in [5.74, 6) is -3.44. The minimum Gasteiger partial charge on any atom is -0.460 e. The van der Waals surface area contributed by atoms with Crippen molar-refractivity contribution >= 4 is 5.97 Å². The van der Waals surface area contributed by atoms with E-state index in [4.69, 9.17) is 4.74 Å². The van der Waals surface area contributed by atoms with Crippen LogP contribution in [0.4, 0.5) is 8.78 Å². The number of esters is 1. The maximum absolute atomic E-state index is 13.9. The summed E-state index contributed by atoms with van der Waals surface area (Å²) in [6, 6.07) is -0.941. The number of ether oxygens (including phenoxy) is 1. The number of nitrogens with zero attached hydrogens (tertiary/aromatic N) is 1. The molecular weight excluding hydrogens is 266 g/mol. The van der Waals surface area contributed by atoms with Crippen LogP contribution in [0.25, 0.3) is 0 Å². The molecule has 0 saturated carbocycles. The van der Waals surface area contributed by atoms with Gasteiger partial charge in [0.15, 0.2) is 0 Å². The molecule has 116 valence electrons. The van der Waals surface area contributed by atoms with Gasteiger partial charge in [-0.25, -0.2) is 8.78 Å². The molecule has 0 aliphatic carbocycles. The third-order valence-corrected chi connectivity index (χ3v) is 3.85. The van der Waals surface area contributed by atoms with Crippen LogP contribution in [0.5, 0.6) is 0 Å². The Bertz CT molecular complexity index is 382. The Balaban J connectivity index is 1.95. The molecule has 0 amide bonds. The van der Waals surface area contributed by atoms with Crippen LogP contribution in [0.15, 0.2) is 0 Å². The first kappa shape index (κ1) is 15.6. The zero-order valence-corrected chi connectivity index (χ0v) is 12.6. The van der Waals surface area contributed by atoms with Gasteiger partial charge in [0.05, 0.1) is 18.5 Å². The molecule has 2 aliphatic heterocycles. The van der Waals surface area contributed by atoms with Gasteiger partial charge in [0.25, 0.3) is 5.92 Å². The highest BCUT2D eigenvalue weighted by molar-refractivity contribution is 5.72. The van der Waals surface area contributed by atoms with Crippen LogP contribution in [0, 0.1) is 5.92 Å². The van der Waals surface area contributed by atoms with Crippen molar-refractivity contribution < 1.29 is 18.3 Å². The van der Waals surface area contributed by atoms with E-state index in [0.717, 1.165) is 0 Å². The number of carbonyl (C=O) groups is 1. The van der Waals surface area contributed by atoms with E-state index >= 15 is 0 Å². The second-order valence-electron chi connectivity index (χ2n) is 6.91. The van der Waals surface area contributed by atoms with Gasteiger partial charge in [0, 0.05) is 19.1 Å². The normalized spacial score (nSPS) is 31.1. The quantitative estimate of drug-likeness (QED) is 0.803. The Morgan fingerprint density at radius 2 is 2.15 bits per heavy atom. The number of hydrogen-bond donors (Lipinski definition) is 1. The van der Waals surface area contributed by atoms with Crippen LogP contribution in [-0.2, 0) is 9.53 Å². The molecule has 2 aliphatic rings. The highest BCUT2D eigenvalue weighted by Gasteiger charge is 2.55. The Labute approximate surface area is 118 Å². The van der Waals surface area contributed by atoms with Crippen molar-refractivity contribution in [2.75, 3.05) is 19.6 Å². The van der Waals surface area contributed by atoms with Crippen molar-refractivity contribution in [2.24, 2.45) is 5.92 Å². The third kappa shape index (κ3) is 3.28. The molecule has 0 spiro atoms. The Hall–Kier alpha value is -0.750. The van der Waals surface area contributed by atoms with Gasteiger partial charge >= 0.3 is 5.97 Å². The van der Waals surface area contributed by atoms with Gasteiger partial charge in [-0.05, 0) is 27.2 Å². The van der Waals surface area contributed by atoms with Crippen molar-refractivity contribution in [3.05, 3.63) is 0 Å². The number of halogens is 2. The molecule has 1 N–H and O–H groups in total. The number of nitrogens with one attached hydrogen (secondary N) is 1. The minimum atomic E-state index is -2.71. The molecule has 0 aromatic carbocycles. The zero-order chi connectivity index (χ0) is 15.1. The Kier molecular flexibility index (Phi) is 4.08. The molecule has 3 atom stereocenters. The molecule has 0 bridgehead atoms. The van der Waals surface area contributed by atoms with E-state index in [1.807, 2.05) is 0 Å². The van der Waals surface area contributed by atoms with Crippen LogP contribution in [-0.4, -0.2) is 54.1 Å². The van der Waals surface area contributed by atoms with Crippen molar-refractivity contribution in [3.63, 3.8) is 0 Å². The van der Waals surface area contributed by atoms with E-state index in [9.17, 15) is 13.6 Å². The van der Waals surface area contributed by atoms with E-state index in [2.05, 4.69) is 5.32 Å². The molecule has 2 rings (SSSR count). The lowest BCUT2D eigenvalue weighted by Gasteiger charge is -2.30. The molecule has 4 nitrogen and oxygen atoms in total. The van der Waals surface area contributed by atoms with Gasteiger partial charge in [-0.2, -0.15) is 0 Å². The predicted molar refractivity (Wildman–Crippen MR) is 71.7 cm³/mol. The smallest absolute Gasteiger partial charge is 0.310 e. The highest BCUT2D eigenvalue weighted by Crippen LogP contribution is 2.36. The second kappa shape index (κ2) is 5.22. The van der Waals surface area contributed by atoms with E-state index in [1.54, 1.807) is 32.6 Å². The molecule has 0 aromatic heterocycles. The van der Waals surface area contributed by atoms with Gasteiger partial charge in [0.1, 0.15) is 5.60 Å². The first-order valence-corrected chi connectivity index (χ1v) is 7.18. The maximum atomic E-state index is 13.9. The van der Waals surface area contributed by atoms with Crippen LogP contribution in [0.3, 0.4) is 0 Å². The van der Waals surface area contributed by atoms with Gasteiger partial charge in [-0.3, -0.25) is 9.69 Å². The lowest BCUT2D eigenvalue weighted by molar-refractivity contribution is -0.160. The minimum absolute atomic E-state index is 0.157. The standard InChI is InChI=1S/C14H24F2N2O2/c1-9(12(19)20-13(2,3)4)7-18-6-5-10-11(18)14(15,16)8-17-10/h9-11,17H,5-8H2,1-4H3. The summed E-state index contributed by atoms with van der Waals surface area (Å²) in [6.07, 6.45) is 0.710. The monoisotopic (exact) mass is 290 g/mol. The SMILES string of the molecule is CC(CN1CCC2NCC(F)(F)C21)C(=O)OC(C)(C)C. The van der Waals surface area contributed by atoms with Crippen molar-refractivity contribution in [3.8, 4) is 0 Å². The maximum Gasteiger partial charge on any atom is 0.310 e. The molecule has 2 fully saturated rings. The first-order valence-electron chi connectivity index (χ1n) is 7.18. The zero-order valence-electron chi connectivity index (χ0n) is 12.6. The van der Waals surface area contributed by atoms with Gasteiger partial charge in [-0.1, -0.05) is 6.92 Å². The lowest BCUT2D eigenvalue weighted by Crippen LogP contribution is -2.47. The van der Waals surface area contributed by atoms with Gasteiger partial charge in [0.2, 0.25) is 0 Å². The fourth-order valence-electron chi connectivity index (χ4n) is 3.04. The lowest BCUT2D eigenvalue weighted by atomic mass is 10.1. The van der Waals surface area contributed by atoms with E-state index < -0.39 is 23.5 Å². The van der Waals surface area contributed by atoms with Crippen LogP contribution < -0.4 is 5.32 Å². The fraction of sp³-hybridized carbons (Fsp3) is 0.929. The summed E-state index contributed by atoms with van der Waals surface area (Å²) < 4.78 is 33.0. The van der Waals surface area contributed by atoms with Crippen LogP contribution in [0.2, 0.25) is 0 Å². The summed E-state index contributed by atoms with van der Waals surface area (Å²) in [7, 11) is 0. The van der Waals surface area contributed by atoms with E-state index in [-0.39, 0.29) is 18.6 Å². The molecule has 2 saturated heterocycles. The average Bonchev–Trinajstić information content (AvgIpc) is 2.79. The van der Waals surface area contributed by atoms with E-state index in [1.165, 1.54) is 0 Å². The highest BCUT2D eigenvalue weighted by atomic mass is 19.3. The number of alkyl halides is 2. The first-order chi connectivity index (χ1) is 9.10. The molecule has 20 heavy (non-hydrogen) atoms. The van der Waals surface area contributed by atoms with Gasteiger partial charge in [-0.15, -0.1) is 0 Å². The average molecular weight is 290 g/mol. The van der Waals surface area contributed by atoms with E-state index in [0.29, 0.717) is 19.5 Å². The van der Waals surface area contributed by atoms with Crippen LogP contribution in [0.1, 0.15) is 34.1 Å². The molecule has 3 unspecified atom stereocenters. The molecule has 2 heterocycles. The van der Waals surface area contributed by atoms with Crippen LogP contribution >= 0.6 is 0 Å². The largest absolute Gasteiger partial charge is 0.460 e. The number of hydrogen-bond acceptors (Lipinski definition) is 4. The second-order valence-corrected chi connectivity index (χ2v) is 6.91. The summed E-state index contributed by atoms with van der Waals surface area (Å²) in [5, 5.41) is 2.87. The molecule has 0 aromatic rings. The van der Waals surface area contributed by atoms with Crippen molar-refractivity contribution in [1.29, 1.82) is 0 Å². The van der Waals surface area contributed by atoms with Gasteiger partial charge < -0.3 is 10.1 Å². The summed E-state index contributed by atoms with van der Waals surface area (Å²) in [4.78, 5) is 13.7. The third-order valence-electron chi connectivity index (χ3n) is 3.85.